The van der Waals surface area contributed by atoms with Gasteiger partial charge in [-0.1, -0.05) is 29.8 Å². The first-order valence-electron chi connectivity index (χ1n) is 9.32. The van der Waals surface area contributed by atoms with E-state index in [1.807, 2.05) is 55.5 Å². The summed E-state index contributed by atoms with van der Waals surface area (Å²) in [6, 6.07) is 19.0. The zero-order valence-electron chi connectivity index (χ0n) is 16.8. The molecule has 0 radical (unpaired) electrons. The number of carbonyl (C=O) groups excluding carboxylic acids is 1. The van der Waals surface area contributed by atoms with Crippen LogP contribution < -0.4 is 10.1 Å². The van der Waals surface area contributed by atoms with Gasteiger partial charge in [-0.2, -0.15) is 5.26 Å². The van der Waals surface area contributed by atoms with Crippen molar-refractivity contribution in [1.82, 2.24) is 0 Å². The number of hydrogen-bond donors (Lipinski definition) is 1. The first kappa shape index (κ1) is 25.0. The zero-order valence-corrected chi connectivity index (χ0v) is 23.4. The highest BCUT2D eigenvalue weighted by Crippen LogP contribution is 2.33. The second-order valence-electron chi connectivity index (χ2n) is 6.81. The molecule has 0 atom stereocenters. The monoisotopic (exact) mass is 732 g/mol. The van der Waals surface area contributed by atoms with E-state index in [1.165, 1.54) is 3.57 Å². The first-order chi connectivity index (χ1) is 15.3. The number of anilines is 1. The molecule has 162 valence electrons. The molecule has 3 aromatic rings. The highest BCUT2D eigenvalue weighted by atomic mass is 127. The Bertz CT molecular complexity index is 1210. The fourth-order valence-corrected chi connectivity index (χ4v) is 5.07. The number of nitriles is 1. The molecule has 8 heteroatoms. The van der Waals surface area contributed by atoms with Gasteiger partial charge in [-0.05, 0) is 127 Å². The second-order valence-corrected chi connectivity index (χ2v) is 10.5. The SMILES string of the molecule is Cc1ccc(Cl)cc1NC(=O)/C(C#N)=C/c1cc(Br)c(OCc2ccc(I)cc2)c(I)c1. The lowest BCUT2D eigenvalue weighted by atomic mass is 10.1. The van der Waals surface area contributed by atoms with E-state index in [0.717, 1.165) is 19.2 Å². The highest BCUT2D eigenvalue weighted by molar-refractivity contribution is 14.1. The van der Waals surface area contributed by atoms with Crippen LogP contribution in [0.25, 0.3) is 6.08 Å². The Balaban J connectivity index is 1.78. The van der Waals surface area contributed by atoms with Crippen molar-refractivity contribution in [3.05, 3.63) is 93.5 Å². The minimum absolute atomic E-state index is 0.0142. The van der Waals surface area contributed by atoms with Crippen molar-refractivity contribution in [2.24, 2.45) is 0 Å². The maximum absolute atomic E-state index is 12.6. The predicted molar refractivity (Wildman–Crippen MR) is 149 cm³/mol. The number of carbonyl (C=O) groups is 1. The Morgan fingerprint density at radius 1 is 1.19 bits per heavy atom. The molecular weight excluding hydrogens is 717 g/mol. The van der Waals surface area contributed by atoms with Crippen LogP contribution in [0, 0.1) is 25.4 Å². The van der Waals surface area contributed by atoms with Gasteiger partial charge in [0.2, 0.25) is 0 Å². The number of amides is 1. The molecule has 32 heavy (non-hydrogen) atoms. The summed E-state index contributed by atoms with van der Waals surface area (Å²) < 4.78 is 8.76. The van der Waals surface area contributed by atoms with E-state index in [1.54, 1.807) is 18.2 Å². The number of nitrogens with zero attached hydrogens (tertiary/aromatic N) is 1. The minimum Gasteiger partial charge on any atom is -0.487 e. The van der Waals surface area contributed by atoms with Gasteiger partial charge in [0.15, 0.2) is 0 Å². The molecule has 4 nitrogen and oxygen atoms in total. The Hall–Kier alpha value is -1.61. The van der Waals surface area contributed by atoms with Gasteiger partial charge in [-0.15, -0.1) is 0 Å². The lowest BCUT2D eigenvalue weighted by Gasteiger charge is -2.12. The van der Waals surface area contributed by atoms with Crippen LogP contribution in [-0.4, -0.2) is 5.91 Å². The van der Waals surface area contributed by atoms with Crippen molar-refractivity contribution in [2.45, 2.75) is 13.5 Å². The Kier molecular flexibility index (Phi) is 8.99. The van der Waals surface area contributed by atoms with Gasteiger partial charge < -0.3 is 10.1 Å². The van der Waals surface area contributed by atoms with E-state index in [0.29, 0.717) is 28.6 Å². The summed E-state index contributed by atoms with van der Waals surface area (Å²) in [4.78, 5) is 12.6. The summed E-state index contributed by atoms with van der Waals surface area (Å²) in [5, 5.41) is 12.8. The summed E-state index contributed by atoms with van der Waals surface area (Å²) in [5.74, 6) is 0.210. The molecule has 0 aliphatic rings. The van der Waals surface area contributed by atoms with Crippen LogP contribution in [-0.2, 0) is 11.4 Å². The lowest BCUT2D eigenvalue weighted by molar-refractivity contribution is -0.112. The van der Waals surface area contributed by atoms with Crippen LogP contribution in [0.2, 0.25) is 5.02 Å². The van der Waals surface area contributed by atoms with Crippen molar-refractivity contribution in [1.29, 1.82) is 5.26 Å². The third kappa shape index (κ3) is 6.70. The number of nitrogens with one attached hydrogen (secondary N) is 1. The second kappa shape index (κ2) is 11.5. The van der Waals surface area contributed by atoms with E-state index >= 15 is 0 Å². The van der Waals surface area contributed by atoms with Gasteiger partial charge in [0, 0.05) is 14.3 Å². The van der Waals surface area contributed by atoms with Crippen LogP contribution in [0.5, 0.6) is 5.75 Å². The van der Waals surface area contributed by atoms with Crippen molar-refractivity contribution in [3.63, 3.8) is 0 Å². The minimum atomic E-state index is -0.497. The summed E-state index contributed by atoms with van der Waals surface area (Å²) in [5.41, 5.74) is 3.18. The number of aryl methyl sites for hydroxylation is 1. The molecule has 0 aromatic heterocycles. The molecule has 0 unspecified atom stereocenters. The van der Waals surface area contributed by atoms with Crippen molar-refractivity contribution >= 4 is 90.4 Å². The highest BCUT2D eigenvalue weighted by Gasteiger charge is 2.14. The average molecular weight is 734 g/mol. The van der Waals surface area contributed by atoms with Gasteiger partial charge in [0.05, 0.1) is 8.04 Å². The fourth-order valence-electron chi connectivity index (χ4n) is 2.77. The Morgan fingerprint density at radius 3 is 2.56 bits per heavy atom. The molecule has 0 bridgehead atoms. The molecular formula is C24H16BrClI2N2O2. The number of rotatable bonds is 6. The van der Waals surface area contributed by atoms with E-state index in [-0.39, 0.29) is 5.57 Å². The number of ether oxygens (including phenoxy) is 1. The standard InChI is InChI=1S/C24H16BrClI2N2O2/c1-14-2-5-18(26)11-22(14)30-24(31)17(12-29)8-16-9-20(25)23(21(28)10-16)32-13-15-3-6-19(27)7-4-15/h2-11H,13H2,1H3,(H,30,31)/b17-8+. The molecule has 1 amide bonds. The molecule has 3 aromatic carbocycles. The van der Waals surface area contributed by atoms with Crippen LogP contribution in [0.3, 0.4) is 0 Å². The van der Waals surface area contributed by atoms with Crippen molar-refractivity contribution in [3.8, 4) is 11.8 Å². The predicted octanol–water partition coefficient (Wildman–Crippen LogP) is 7.74. The largest absolute Gasteiger partial charge is 0.487 e. The van der Waals surface area contributed by atoms with Crippen LogP contribution in [0.1, 0.15) is 16.7 Å². The smallest absolute Gasteiger partial charge is 0.266 e. The summed E-state index contributed by atoms with van der Waals surface area (Å²) >= 11 is 14.0. The number of benzene rings is 3. The van der Waals surface area contributed by atoms with E-state index in [4.69, 9.17) is 16.3 Å². The molecule has 1 N–H and O–H groups in total. The fraction of sp³-hybridized carbons (Fsp3) is 0.0833. The molecule has 0 saturated heterocycles. The molecule has 0 spiro atoms. The summed E-state index contributed by atoms with van der Waals surface area (Å²) in [6.45, 7) is 2.29. The number of halogens is 4. The molecule has 0 heterocycles. The third-order valence-corrected chi connectivity index (χ3v) is 6.79. The Morgan fingerprint density at radius 2 is 1.91 bits per heavy atom. The maximum atomic E-state index is 12.6. The zero-order chi connectivity index (χ0) is 23.3. The van der Waals surface area contributed by atoms with Gasteiger partial charge in [0.1, 0.15) is 24.0 Å². The van der Waals surface area contributed by atoms with Crippen LogP contribution >= 0.6 is 72.7 Å². The molecule has 0 aliphatic carbocycles. The number of hydrogen-bond acceptors (Lipinski definition) is 3. The summed E-state index contributed by atoms with van der Waals surface area (Å²) in [7, 11) is 0. The molecule has 0 saturated carbocycles. The van der Waals surface area contributed by atoms with Crippen molar-refractivity contribution in [2.75, 3.05) is 5.32 Å². The van der Waals surface area contributed by atoms with Gasteiger partial charge in [0.25, 0.3) is 5.91 Å². The van der Waals surface area contributed by atoms with Gasteiger partial charge in [-0.3, -0.25) is 4.79 Å². The van der Waals surface area contributed by atoms with E-state index in [2.05, 4.69) is 66.4 Å². The average Bonchev–Trinajstić information content (AvgIpc) is 2.75. The summed E-state index contributed by atoms with van der Waals surface area (Å²) in [6.07, 6.45) is 1.55. The topological polar surface area (TPSA) is 62.1 Å². The molecule has 0 fully saturated rings. The third-order valence-electron chi connectivity index (χ3n) is 4.44. The van der Waals surface area contributed by atoms with Crippen LogP contribution in [0.4, 0.5) is 5.69 Å². The lowest BCUT2D eigenvalue weighted by Crippen LogP contribution is -2.14. The quantitative estimate of drug-likeness (QED) is 0.160. The van der Waals surface area contributed by atoms with Crippen molar-refractivity contribution < 1.29 is 9.53 Å². The van der Waals surface area contributed by atoms with Crippen LogP contribution in [0.15, 0.2) is 64.6 Å². The molecule has 3 rings (SSSR count). The van der Waals surface area contributed by atoms with E-state index < -0.39 is 5.91 Å². The normalized spacial score (nSPS) is 11.1. The van der Waals surface area contributed by atoms with E-state index in [9.17, 15) is 10.1 Å². The Labute approximate surface area is 227 Å². The van der Waals surface area contributed by atoms with Gasteiger partial charge in [-0.25, -0.2) is 0 Å². The maximum Gasteiger partial charge on any atom is 0.266 e. The first-order valence-corrected chi connectivity index (χ1v) is 12.6. The molecule has 0 aliphatic heterocycles. The van der Waals surface area contributed by atoms with Gasteiger partial charge >= 0.3 is 0 Å².